The Balaban J connectivity index is 2.15. The lowest BCUT2D eigenvalue weighted by Gasteiger charge is -2.03. The summed E-state index contributed by atoms with van der Waals surface area (Å²) >= 11 is 0. The average Bonchev–Trinajstić information content (AvgIpc) is 2.89. The van der Waals surface area contributed by atoms with Crippen LogP contribution >= 0.6 is 0 Å². The molecule has 0 amide bonds. The molecule has 0 aliphatic carbocycles. The standard InChI is InChI=1S/C16H12FNO2/c1-20-10-6-7-15-12(8-10)13(9-18-15)16(19)11-4-2-3-5-14(11)17/h2-9,18H,1H3. The first-order valence-electron chi connectivity index (χ1n) is 6.15. The molecule has 4 heteroatoms. The van der Waals surface area contributed by atoms with E-state index in [2.05, 4.69) is 4.98 Å². The Labute approximate surface area is 115 Å². The van der Waals surface area contributed by atoms with Crippen molar-refractivity contribution in [2.75, 3.05) is 7.11 Å². The molecule has 0 aliphatic rings. The van der Waals surface area contributed by atoms with E-state index in [1.54, 1.807) is 37.6 Å². The molecule has 3 rings (SSSR count). The van der Waals surface area contributed by atoms with E-state index < -0.39 is 5.82 Å². The van der Waals surface area contributed by atoms with E-state index in [1.807, 2.05) is 6.07 Å². The second kappa shape index (κ2) is 4.81. The number of halogens is 1. The third-order valence-corrected chi connectivity index (χ3v) is 3.25. The number of hydrogen-bond acceptors (Lipinski definition) is 2. The SMILES string of the molecule is COc1ccc2[nH]cc(C(=O)c3ccccc3F)c2c1. The molecule has 1 heterocycles. The number of aromatic amines is 1. The second-order valence-electron chi connectivity index (χ2n) is 4.42. The summed E-state index contributed by atoms with van der Waals surface area (Å²) < 4.78 is 18.9. The fraction of sp³-hybridized carbons (Fsp3) is 0.0625. The number of H-pyrrole nitrogens is 1. The van der Waals surface area contributed by atoms with E-state index in [0.29, 0.717) is 11.3 Å². The normalized spacial score (nSPS) is 10.7. The van der Waals surface area contributed by atoms with E-state index in [0.717, 1.165) is 10.9 Å². The van der Waals surface area contributed by atoms with Gasteiger partial charge in [0.25, 0.3) is 0 Å². The lowest BCUT2D eigenvalue weighted by atomic mass is 10.0. The van der Waals surface area contributed by atoms with Crippen LogP contribution in [0.1, 0.15) is 15.9 Å². The number of methoxy groups -OCH3 is 1. The molecule has 0 spiro atoms. The number of ketones is 1. The zero-order valence-corrected chi connectivity index (χ0v) is 10.8. The fourth-order valence-electron chi connectivity index (χ4n) is 2.21. The van der Waals surface area contributed by atoms with Gasteiger partial charge in [-0.05, 0) is 30.3 Å². The number of aromatic nitrogens is 1. The van der Waals surface area contributed by atoms with Gasteiger partial charge in [0.1, 0.15) is 11.6 Å². The minimum atomic E-state index is -0.519. The maximum absolute atomic E-state index is 13.7. The predicted molar refractivity (Wildman–Crippen MR) is 74.7 cm³/mol. The smallest absolute Gasteiger partial charge is 0.198 e. The molecule has 3 aromatic rings. The number of hydrogen-bond donors (Lipinski definition) is 1. The summed E-state index contributed by atoms with van der Waals surface area (Å²) in [6.07, 6.45) is 1.60. The molecular weight excluding hydrogens is 257 g/mol. The second-order valence-corrected chi connectivity index (χ2v) is 4.42. The van der Waals surface area contributed by atoms with Crippen LogP contribution in [0.4, 0.5) is 4.39 Å². The van der Waals surface area contributed by atoms with Crippen molar-refractivity contribution in [2.24, 2.45) is 0 Å². The summed E-state index contributed by atoms with van der Waals surface area (Å²) in [6, 6.07) is 11.4. The highest BCUT2D eigenvalue weighted by molar-refractivity contribution is 6.16. The van der Waals surface area contributed by atoms with Gasteiger partial charge in [-0.1, -0.05) is 12.1 Å². The van der Waals surface area contributed by atoms with Crippen LogP contribution in [0.15, 0.2) is 48.7 Å². The lowest BCUT2D eigenvalue weighted by molar-refractivity contribution is 0.103. The van der Waals surface area contributed by atoms with Crippen LogP contribution in [0.2, 0.25) is 0 Å². The molecular formula is C16H12FNO2. The molecule has 0 unspecified atom stereocenters. The minimum absolute atomic E-state index is 0.0659. The minimum Gasteiger partial charge on any atom is -0.497 e. The van der Waals surface area contributed by atoms with Gasteiger partial charge < -0.3 is 9.72 Å². The Morgan fingerprint density at radius 2 is 1.95 bits per heavy atom. The van der Waals surface area contributed by atoms with Gasteiger partial charge >= 0.3 is 0 Å². The maximum Gasteiger partial charge on any atom is 0.198 e. The average molecular weight is 269 g/mol. The van der Waals surface area contributed by atoms with Gasteiger partial charge in [-0.25, -0.2) is 4.39 Å². The Kier molecular flexibility index (Phi) is 2.99. The van der Waals surface area contributed by atoms with Gasteiger partial charge in [0.15, 0.2) is 5.78 Å². The van der Waals surface area contributed by atoms with Gasteiger partial charge in [0.2, 0.25) is 0 Å². The third-order valence-electron chi connectivity index (χ3n) is 3.25. The van der Waals surface area contributed by atoms with Gasteiger partial charge in [0, 0.05) is 22.7 Å². The molecule has 0 aliphatic heterocycles. The molecule has 0 radical (unpaired) electrons. The monoisotopic (exact) mass is 269 g/mol. The summed E-state index contributed by atoms with van der Waals surface area (Å²) in [5.41, 5.74) is 1.31. The van der Waals surface area contributed by atoms with E-state index in [9.17, 15) is 9.18 Å². The summed E-state index contributed by atoms with van der Waals surface area (Å²) in [6.45, 7) is 0. The number of carbonyl (C=O) groups excluding carboxylic acids is 1. The molecule has 3 nitrogen and oxygen atoms in total. The number of nitrogens with one attached hydrogen (secondary N) is 1. The van der Waals surface area contributed by atoms with Crippen LogP contribution in [0.3, 0.4) is 0 Å². The van der Waals surface area contributed by atoms with Crippen LogP contribution in [-0.4, -0.2) is 17.9 Å². The van der Waals surface area contributed by atoms with Crippen molar-refractivity contribution >= 4 is 16.7 Å². The highest BCUT2D eigenvalue weighted by Crippen LogP contribution is 2.26. The van der Waals surface area contributed by atoms with Crippen molar-refractivity contribution in [3.8, 4) is 5.75 Å². The quantitative estimate of drug-likeness (QED) is 0.739. The number of fused-ring (bicyclic) bond motifs is 1. The van der Waals surface area contributed by atoms with E-state index in [4.69, 9.17) is 4.74 Å². The van der Waals surface area contributed by atoms with Crippen molar-refractivity contribution in [2.45, 2.75) is 0 Å². The molecule has 0 saturated carbocycles. The van der Waals surface area contributed by atoms with Gasteiger partial charge in [-0.15, -0.1) is 0 Å². The van der Waals surface area contributed by atoms with Crippen molar-refractivity contribution in [1.82, 2.24) is 4.98 Å². The van der Waals surface area contributed by atoms with E-state index >= 15 is 0 Å². The zero-order valence-electron chi connectivity index (χ0n) is 10.8. The Morgan fingerprint density at radius 3 is 2.70 bits per heavy atom. The van der Waals surface area contributed by atoms with Crippen LogP contribution < -0.4 is 4.74 Å². The van der Waals surface area contributed by atoms with Gasteiger partial charge in [-0.3, -0.25) is 4.79 Å². The van der Waals surface area contributed by atoms with Gasteiger partial charge in [-0.2, -0.15) is 0 Å². The number of rotatable bonds is 3. The predicted octanol–water partition coefficient (Wildman–Crippen LogP) is 3.55. The third kappa shape index (κ3) is 1.95. The Hall–Kier alpha value is -2.62. The van der Waals surface area contributed by atoms with Crippen molar-refractivity contribution in [3.05, 3.63) is 65.6 Å². The summed E-state index contributed by atoms with van der Waals surface area (Å²) in [4.78, 5) is 15.5. The van der Waals surface area contributed by atoms with E-state index in [1.165, 1.54) is 12.1 Å². The molecule has 0 saturated heterocycles. The van der Waals surface area contributed by atoms with Crippen LogP contribution in [-0.2, 0) is 0 Å². The molecule has 100 valence electrons. The zero-order chi connectivity index (χ0) is 14.1. The summed E-state index contributed by atoms with van der Waals surface area (Å²) in [5.74, 6) is -0.211. The molecule has 0 atom stereocenters. The number of benzene rings is 2. The first-order valence-corrected chi connectivity index (χ1v) is 6.15. The summed E-state index contributed by atoms with van der Waals surface area (Å²) in [7, 11) is 1.56. The van der Waals surface area contributed by atoms with Crippen LogP contribution in [0, 0.1) is 5.82 Å². The van der Waals surface area contributed by atoms with E-state index in [-0.39, 0.29) is 11.3 Å². The molecule has 0 bridgehead atoms. The van der Waals surface area contributed by atoms with Gasteiger partial charge in [0.05, 0.1) is 12.7 Å². The highest BCUT2D eigenvalue weighted by Gasteiger charge is 2.17. The molecule has 1 N–H and O–H groups in total. The number of carbonyl (C=O) groups is 1. The Bertz CT molecular complexity index is 792. The maximum atomic E-state index is 13.7. The van der Waals surface area contributed by atoms with Crippen LogP contribution in [0.25, 0.3) is 10.9 Å². The summed E-state index contributed by atoms with van der Waals surface area (Å²) in [5, 5.41) is 0.720. The first-order chi connectivity index (χ1) is 9.70. The van der Waals surface area contributed by atoms with Crippen LogP contribution in [0.5, 0.6) is 5.75 Å². The number of ether oxygens (including phenoxy) is 1. The molecule has 20 heavy (non-hydrogen) atoms. The Morgan fingerprint density at radius 1 is 1.15 bits per heavy atom. The highest BCUT2D eigenvalue weighted by atomic mass is 19.1. The van der Waals surface area contributed by atoms with Crippen molar-refractivity contribution < 1.29 is 13.9 Å². The molecule has 1 aromatic heterocycles. The largest absolute Gasteiger partial charge is 0.497 e. The molecule has 0 fully saturated rings. The lowest BCUT2D eigenvalue weighted by Crippen LogP contribution is -2.03. The molecule has 2 aromatic carbocycles. The topological polar surface area (TPSA) is 42.1 Å². The van der Waals surface area contributed by atoms with Crippen molar-refractivity contribution in [3.63, 3.8) is 0 Å². The fourth-order valence-corrected chi connectivity index (χ4v) is 2.21. The first kappa shape index (κ1) is 12.4. The van der Waals surface area contributed by atoms with Crippen molar-refractivity contribution in [1.29, 1.82) is 0 Å².